The van der Waals surface area contributed by atoms with E-state index < -0.39 is 16.9 Å². The molecule has 1 aromatic carbocycles. The molecule has 2 unspecified atom stereocenters. The molecule has 0 fully saturated rings. The van der Waals surface area contributed by atoms with Crippen molar-refractivity contribution in [2.75, 3.05) is 0 Å². The first-order valence-electron chi connectivity index (χ1n) is 7.14. The van der Waals surface area contributed by atoms with E-state index >= 15 is 0 Å². The second-order valence-electron chi connectivity index (χ2n) is 6.47. The lowest BCUT2D eigenvalue weighted by Crippen LogP contribution is -2.50. The summed E-state index contributed by atoms with van der Waals surface area (Å²) < 4.78 is 0. The zero-order chi connectivity index (χ0) is 16.5. The number of carbonyl (C=O) groups is 1. The number of nitro benzene ring substituents is 1. The van der Waals surface area contributed by atoms with E-state index in [1.165, 1.54) is 12.1 Å². The van der Waals surface area contributed by atoms with E-state index in [0.29, 0.717) is 6.42 Å². The Morgan fingerprint density at radius 3 is 2.64 bits per heavy atom. The van der Waals surface area contributed by atoms with Crippen molar-refractivity contribution >= 4 is 11.7 Å². The second-order valence-corrected chi connectivity index (χ2v) is 6.47. The summed E-state index contributed by atoms with van der Waals surface area (Å²) in [7, 11) is 0. The standard InChI is InChI=1S/C16H20N2O4/c1-16(2,3)17-8-7-12(10-14(17)15(19)20)11-5-4-6-13(9-11)18(21)22/h4-9,12,14H,10H2,1-3H3,(H,19,20). The lowest BCUT2D eigenvalue weighted by atomic mass is 9.86. The van der Waals surface area contributed by atoms with E-state index in [1.54, 1.807) is 18.3 Å². The molecule has 1 aliphatic rings. The summed E-state index contributed by atoms with van der Waals surface area (Å²) in [5.41, 5.74) is 0.494. The Morgan fingerprint density at radius 2 is 2.09 bits per heavy atom. The SMILES string of the molecule is CC(C)(C)N1C=CC(c2cccc([N+](=O)[O-])c2)CC1C(=O)O. The van der Waals surface area contributed by atoms with Gasteiger partial charge in [0.25, 0.3) is 5.69 Å². The molecule has 0 aromatic heterocycles. The van der Waals surface area contributed by atoms with Gasteiger partial charge in [-0.3, -0.25) is 10.1 Å². The number of nitro groups is 1. The summed E-state index contributed by atoms with van der Waals surface area (Å²) in [5.74, 6) is -1.02. The third-order valence-electron chi connectivity index (χ3n) is 3.86. The molecule has 6 nitrogen and oxygen atoms in total. The van der Waals surface area contributed by atoms with Gasteiger partial charge in [-0.1, -0.05) is 18.2 Å². The number of hydrogen-bond acceptors (Lipinski definition) is 4. The van der Waals surface area contributed by atoms with Crippen LogP contribution in [0.25, 0.3) is 0 Å². The van der Waals surface area contributed by atoms with E-state index in [4.69, 9.17) is 0 Å². The Hall–Kier alpha value is -2.37. The Kier molecular flexibility index (Phi) is 4.21. The fraction of sp³-hybridized carbons (Fsp3) is 0.438. The maximum Gasteiger partial charge on any atom is 0.326 e. The van der Waals surface area contributed by atoms with Crippen molar-refractivity contribution in [3.8, 4) is 0 Å². The van der Waals surface area contributed by atoms with Gasteiger partial charge in [0, 0.05) is 23.6 Å². The number of carboxylic acid groups (broad SMARTS) is 1. The van der Waals surface area contributed by atoms with Crippen LogP contribution in [0.3, 0.4) is 0 Å². The van der Waals surface area contributed by atoms with Crippen molar-refractivity contribution in [2.45, 2.75) is 44.7 Å². The van der Waals surface area contributed by atoms with Gasteiger partial charge in [0.2, 0.25) is 0 Å². The lowest BCUT2D eigenvalue weighted by Gasteiger charge is -2.42. The van der Waals surface area contributed by atoms with Gasteiger partial charge in [-0.05, 0) is 39.0 Å². The van der Waals surface area contributed by atoms with Crippen LogP contribution in [0.15, 0.2) is 36.5 Å². The van der Waals surface area contributed by atoms with Crippen molar-refractivity contribution in [1.29, 1.82) is 0 Å². The van der Waals surface area contributed by atoms with E-state index in [-0.39, 0.29) is 17.1 Å². The van der Waals surface area contributed by atoms with Gasteiger partial charge in [-0.2, -0.15) is 0 Å². The molecule has 1 heterocycles. The third kappa shape index (κ3) is 3.27. The number of aliphatic carboxylic acids is 1. The molecular formula is C16H20N2O4. The highest BCUT2D eigenvalue weighted by molar-refractivity contribution is 5.74. The molecule has 0 radical (unpaired) electrons. The topological polar surface area (TPSA) is 83.7 Å². The molecule has 22 heavy (non-hydrogen) atoms. The number of non-ortho nitro benzene ring substituents is 1. The Bertz CT molecular complexity index is 619. The number of rotatable bonds is 3. The average Bonchev–Trinajstić information content (AvgIpc) is 2.45. The van der Waals surface area contributed by atoms with Crippen LogP contribution in [0.2, 0.25) is 0 Å². The summed E-state index contributed by atoms with van der Waals surface area (Å²) in [6.07, 6.45) is 4.11. The summed E-state index contributed by atoms with van der Waals surface area (Å²) in [4.78, 5) is 23.8. The maximum absolute atomic E-state index is 11.6. The van der Waals surface area contributed by atoms with Gasteiger partial charge in [0.15, 0.2) is 0 Å². The van der Waals surface area contributed by atoms with Crippen LogP contribution in [0.4, 0.5) is 5.69 Å². The van der Waals surface area contributed by atoms with Gasteiger partial charge < -0.3 is 10.0 Å². The van der Waals surface area contributed by atoms with Crippen molar-refractivity contribution in [1.82, 2.24) is 4.90 Å². The molecule has 1 aromatic rings. The quantitative estimate of drug-likeness (QED) is 0.685. The highest BCUT2D eigenvalue weighted by atomic mass is 16.6. The molecule has 2 atom stereocenters. The van der Waals surface area contributed by atoms with Crippen LogP contribution >= 0.6 is 0 Å². The van der Waals surface area contributed by atoms with Crippen LogP contribution in [-0.4, -0.2) is 32.5 Å². The summed E-state index contributed by atoms with van der Waals surface area (Å²) in [6.45, 7) is 5.88. The Morgan fingerprint density at radius 1 is 1.41 bits per heavy atom. The van der Waals surface area contributed by atoms with Crippen LogP contribution in [0, 0.1) is 10.1 Å². The number of carboxylic acids is 1. The zero-order valence-electron chi connectivity index (χ0n) is 12.9. The molecule has 0 amide bonds. The van der Waals surface area contributed by atoms with Gasteiger partial charge >= 0.3 is 5.97 Å². The van der Waals surface area contributed by atoms with Crippen molar-refractivity contribution < 1.29 is 14.8 Å². The largest absolute Gasteiger partial charge is 0.480 e. The third-order valence-corrected chi connectivity index (χ3v) is 3.86. The molecule has 0 saturated heterocycles. The second kappa shape index (κ2) is 5.79. The first-order valence-corrected chi connectivity index (χ1v) is 7.14. The number of allylic oxidation sites excluding steroid dienone is 1. The predicted molar refractivity (Wildman–Crippen MR) is 82.6 cm³/mol. The molecule has 2 rings (SSSR count). The van der Waals surface area contributed by atoms with Crippen molar-refractivity contribution in [3.63, 3.8) is 0 Å². The normalized spacial score (nSPS) is 21.7. The van der Waals surface area contributed by atoms with Crippen LogP contribution in [0.1, 0.15) is 38.7 Å². The average molecular weight is 304 g/mol. The van der Waals surface area contributed by atoms with Gasteiger partial charge in [0.1, 0.15) is 6.04 Å². The fourth-order valence-corrected chi connectivity index (χ4v) is 2.76. The zero-order valence-corrected chi connectivity index (χ0v) is 12.9. The minimum atomic E-state index is -0.880. The summed E-state index contributed by atoms with van der Waals surface area (Å²) >= 11 is 0. The summed E-state index contributed by atoms with van der Waals surface area (Å²) in [6, 6.07) is 5.74. The molecule has 0 saturated carbocycles. The van der Waals surface area contributed by atoms with Gasteiger partial charge in [-0.15, -0.1) is 0 Å². The number of hydrogen-bond donors (Lipinski definition) is 1. The number of benzene rings is 1. The minimum Gasteiger partial charge on any atom is -0.480 e. The number of nitrogens with zero attached hydrogens (tertiary/aromatic N) is 2. The fourth-order valence-electron chi connectivity index (χ4n) is 2.76. The molecule has 1 N–H and O–H groups in total. The van der Waals surface area contributed by atoms with Crippen molar-refractivity contribution in [2.24, 2.45) is 0 Å². The summed E-state index contributed by atoms with van der Waals surface area (Å²) in [5, 5.41) is 20.4. The van der Waals surface area contributed by atoms with E-state index in [0.717, 1.165) is 5.56 Å². The van der Waals surface area contributed by atoms with E-state index in [1.807, 2.05) is 31.7 Å². The molecule has 1 aliphatic heterocycles. The van der Waals surface area contributed by atoms with Gasteiger partial charge in [0.05, 0.1) is 4.92 Å². The van der Waals surface area contributed by atoms with E-state index in [2.05, 4.69) is 0 Å². The first kappa shape index (κ1) is 16.0. The maximum atomic E-state index is 11.6. The van der Waals surface area contributed by atoms with Crippen molar-refractivity contribution in [3.05, 3.63) is 52.2 Å². The first-order chi connectivity index (χ1) is 10.2. The highest BCUT2D eigenvalue weighted by Crippen LogP contribution is 2.34. The highest BCUT2D eigenvalue weighted by Gasteiger charge is 2.36. The Labute approximate surface area is 129 Å². The molecule has 0 spiro atoms. The van der Waals surface area contributed by atoms with Crippen LogP contribution < -0.4 is 0 Å². The monoisotopic (exact) mass is 304 g/mol. The van der Waals surface area contributed by atoms with Gasteiger partial charge in [-0.25, -0.2) is 4.79 Å². The predicted octanol–water partition coefficient (Wildman–Crippen LogP) is 3.15. The van der Waals surface area contributed by atoms with Crippen LogP contribution in [0.5, 0.6) is 0 Å². The lowest BCUT2D eigenvalue weighted by molar-refractivity contribution is -0.384. The molecule has 6 heteroatoms. The molecular weight excluding hydrogens is 284 g/mol. The van der Waals surface area contributed by atoms with E-state index in [9.17, 15) is 20.0 Å². The minimum absolute atomic E-state index is 0.0241. The van der Waals surface area contributed by atoms with Crippen LogP contribution in [-0.2, 0) is 4.79 Å². The smallest absolute Gasteiger partial charge is 0.326 e. The molecule has 118 valence electrons. The molecule has 0 aliphatic carbocycles. The molecule has 0 bridgehead atoms. The Balaban J connectivity index is 2.33.